The molecule has 0 fully saturated rings. The van der Waals surface area contributed by atoms with Crippen LogP contribution in [-0.4, -0.2) is 21.3 Å². The number of aromatic nitrogens is 2. The molecule has 14 heavy (non-hydrogen) atoms. The molecular formula is C8H12Br2N2O2. The summed E-state index contributed by atoms with van der Waals surface area (Å²) in [5, 5.41) is 15.0. The number of aromatic amines is 1. The van der Waals surface area contributed by atoms with Crippen LogP contribution in [0.25, 0.3) is 0 Å². The van der Waals surface area contributed by atoms with Gasteiger partial charge in [0.1, 0.15) is 9.21 Å². The zero-order valence-electron chi connectivity index (χ0n) is 7.97. The summed E-state index contributed by atoms with van der Waals surface area (Å²) in [4.78, 5) is 10.3. The van der Waals surface area contributed by atoms with Crippen LogP contribution in [0.15, 0.2) is 9.21 Å². The third kappa shape index (κ3) is 4.23. The second kappa shape index (κ2) is 7.00. The number of aliphatic carboxylic acids is 1. The predicted octanol–water partition coefficient (Wildman–Crippen LogP) is 2.98. The Morgan fingerprint density at radius 2 is 2.07 bits per heavy atom. The van der Waals surface area contributed by atoms with E-state index in [1.54, 1.807) is 0 Å². The smallest absolute Gasteiger partial charge is 0.303 e. The molecule has 6 heteroatoms. The molecule has 0 aliphatic rings. The van der Waals surface area contributed by atoms with Crippen molar-refractivity contribution in [2.45, 2.75) is 26.7 Å². The first-order valence-corrected chi connectivity index (χ1v) is 5.80. The first-order valence-electron chi connectivity index (χ1n) is 4.21. The Balaban J connectivity index is 0.000000791. The monoisotopic (exact) mass is 326 g/mol. The molecule has 1 rings (SSSR count). The van der Waals surface area contributed by atoms with Crippen molar-refractivity contribution in [2.75, 3.05) is 0 Å². The van der Waals surface area contributed by atoms with Crippen molar-refractivity contribution in [3.05, 3.63) is 14.8 Å². The van der Waals surface area contributed by atoms with E-state index >= 15 is 0 Å². The number of nitrogens with zero attached hydrogens (tertiary/aromatic N) is 1. The van der Waals surface area contributed by atoms with Crippen LogP contribution >= 0.6 is 31.9 Å². The molecule has 0 saturated heterocycles. The summed E-state index contributed by atoms with van der Waals surface area (Å²) in [7, 11) is 0. The topological polar surface area (TPSA) is 66.0 Å². The fourth-order valence-corrected chi connectivity index (χ4v) is 1.99. The highest BCUT2D eigenvalue weighted by atomic mass is 79.9. The minimum atomic E-state index is -0.810. The van der Waals surface area contributed by atoms with Gasteiger partial charge in [-0.15, -0.1) is 0 Å². The first kappa shape index (κ1) is 13.6. The summed E-state index contributed by atoms with van der Waals surface area (Å²) in [6.45, 7) is 4.00. The van der Waals surface area contributed by atoms with E-state index in [2.05, 4.69) is 42.1 Å². The van der Waals surface area contributed by atoms with Gasteiger partial charge in [0.15, 0.2) is 0 Å². The van der Waals surface area contributed by atoms with E-state index in [9.17, 15) is 4.79 Å². The van der Waals surface area contributed by atoms with Gasteiger partial charge in [0.05, 0.1) is 0 Å². The molecule has 0 aliphatic heterocycles. The van der Waals surface area contributed by atoms with Gasteiger partial charge in [-0.25, -0.2) is 0 Å². The molecule has 80 valence electrons. The molecule has 2 N–H and O–H groups in total. The van der Waals surface area contributed by atoms with Crippen molar-refractivity contribution < 1.29 is 9.90 Å². The van der Waals surface area contributed by atoms with E-state index in [0.717, 1.165) is 10.2 Å². The summed E-state index contributed by atoms with van der Waals surface area (Å²) in [6.07, 6.45) is 0.573. The molecule has 0 radical (unpaired) electrons. The minimum absolute atomic E-state index is 0.108. The van der Waals surface area contributed by atoms with Gasteiger partial charge in [0, 0.05) is 12.0 Å². The van der Waals surface area contributed by atoms with Crippen molar-refractivity contribution >= 4 is 37.8 Å². The number of carboxylic acids is 1. The Morgan fingerprint density at radius 3 is 2.43 bits per heavy atom. The fourth-order valence-electron chi connectivity index (χ4n) is 0.769. The third-order valence-corrected chi connectivity index (χ3v) is 2.67. The number of H-pyrrole nitrogens is 1. The van der Waals surface area contributed by atoms with E-state index in [0.29, 0.717) is 11.0 Å². The summed E-state index contributed by atoms with van der Waals surface area (Å²) >= 11 is 6.43. The quantitative estimate of drug-likeness (QED) is 0.897. The van der Waals surface area contributed by atoms with Gasteiger partial charge in [-0.3, -0.25) is 9.89 Å². The number of rotatable bonds is 3. The molecule has 1 heterocycles. The summed E-state index contributed by atoms with van der Waals surface area (Å²) in [5.74, 6) is -0.810. The molecule has 0 aromatic carbocycles. The SMILES string of the molecule is CC.O=C(O)CCc1c(Br)n[nH]c1Br. The second-order valence-corrected chi connectivity index (χ2v) is 3.74. The molecule has 0 unspecified atom stereocenters. The molecule has 0 aliphatic carbocycles. The highest BCUT2D eigenvalue weighted by Crippen LogP contribution is 2.23. The van der Waals surface area contributed by atoms with Crippen LogP contribution < -0.4 is 0 Å². The van der Waals surface area contributed by atoms with Crippen molar-refractivity contribution in [1.29, 1.82) is 0 Å². The number of hydrogen-bond donors (Lipinski definition) is 2. The lowest BCUT2D eigenvalue weighted by Crippen LogP contribution is -1.97. The molecular weight excluding hydrogens is 316 g/mol. The highest BCUT2D eigenvalue weighted by Gasteiger charge is 2.09. The lowest BCUT2D eigenvalue weighted by atomic mass is 10.2. The highest BCUT2D eigenvalue weighted by molar-refractivity contribution is 9.11. The van der Waals surface area contributed by atoms with Gasteiger partial charge < -0.3 is 5.11 Å². The average Bonchev–Trinajstić information content (AvgIpc) is 2.47. The number of hydrogen-bond acceptors (Lipinski definition) is 2. The molecule has 0 saturated carbocycles. The van der Waals surface area contributed by atoms with Gasteiger partial charge in [0.25, 0.3) is 0 Å². The fraction of sp³-hybridized carbons (Fsp3) is 0.500. The summed E-state index contributed by atoms with van der Waals surface area (Å²) in [5.41, 5.74) is 0.859. The van der Waals surface area contributed by atoms with Gasteiger partial charge in [0.2, 0.25) is 0 Å². The van der Waals surface area contributed by atoms with Crippen LogP contribution in [0.4, 0.5) is 0 Å². The van der Waals surface area contributed by atoms with E-state index in [1.165, 1.54) is 0 Å². The summed E-state index contributed by atoms with van der Waals surface area (Å²) in [6, 6.07) is 0. The van der Waals surface area contributed by atoms with Crippen molar-refractivity contribution in [3.8, 4) is 0 Å². The lowest BCUT2D eigenvalue weighted by molar-refractivity contribution is -0.136. The van der Waals surface area contributed by atoms with Crippen LogP contribution in [0.1, 0.15) is 25.8 Å². The van der Waals surface area contributed by atoms with Crippen LogP contribution in [-0.2, 0) is 11.2 Å². The Kier molecular flexibility index (Phi) is 6.82. The standard InChI is InChI=1S/C6H6Br2N2O2.C2H6/c7-5-3(1-2-4(11)12)6(8)10-9-5;1-2/h1-2H2,(H,9,10)(H,11,12);1-2H3. The van der Waals surface area contributed by atoms with Crippen LogP contribution in [0.2, 0.25) is 0 Å². The van der Waals surface area contributed by atoms with Crippen molar-refractivity contribution in [3.63, 3.8) is 0 Å². The first-order chi connectivity index (χ1) is 6.61. The Labute approximate surface area is 99.4 Å². The van der Waals surface area contributed by atoms with Gasteiger partial charge in [-0.05, 0) is 38.3 Å². The van der Waals surface area contributed by atoms with E-state index in [-0.39, 0.29) is 6.42 Å². The van der Waals surface area contributed by atoms with E-state index < -0.39 is 5.97 Å². The second-order valence-electron chi connectivity index (χ2n) is 2.20. The molecule has 1 aromatic rings. The van der Waals surface area contributed by atoms with E-state index in [1.807, 2.05) is 13.8 Å². The third-order valence-electron chi connectivity index (χ3n) is 1.36. The van der Waals surface area contributed by atoms with Crippen molar-refractivity contribution in [1.82, 2.24) is 10.2 Å². The van der Waals surface area contributed by atoms with Gasteiger partial charge in [-0.1, -0.05) is 13.8 Å². The maximum absolute atomic E-state index is 10.3. The predicted molar refractivity (Wildman–Crippen MR) is 61.3 cm³/mol. The van der Waals surface area contributed by atoms with Gasteiger partial charge in [-0.2, -0.15) is 5.10 Å². The Morgan fingerprint density at radius 1 is 1.50 bits per heavy atom. The molecule has 4 nitrogen and oxygen atoms in total. The number of nitrogens with one attached hydrogen (secondary N) is 1. The van der Waals surface area contributed by atoms with Crippen LogP contribution in [0, 0.1) is 0 Å². The lowest BCUT2D eigenvalue weighted by Gasteiger charge is -1.94. The maximum atomic E-state index is 10.3. The van der Waals surface area contributed by atoms with Crippen LogP contribution in [0.5, 0.6) is 0 Å². The summed E-state index contributed by atoms with van der Waals surface area (Å²) < 4.78 is 1.39. The molecule has 0 atom stereocenters. The maximum Gasteiger partial charge on any atom is 0.303 e. The Bertz CT molecular complexity index is 280. The normalized spacial score (nSPS) is 9.14. The minimum Gasteiger partial charge on any atom is -0.481 e. The van der Waals surface area contributed by atoms with Crippen LogP contribution in [0.3, 0.4) is 0 Å². The van der Waals surface area contributed by atoms with Gasteiger partial charge >= 0.3 is 5.97 Å². The molecule has 0 amide bonds. The zero-order chi connectivity index (χ0) is 11.1. The molecule has 0 bridgehead atoms. The average molecular weight is 328 g/mol. The number of halogens is 2. The molecule has 1 aromatic heterocycles. The van der Waals surface area contributed by atoms with E-state index in [4.69, 9.17) is 5.11 Å². The zero-order valence-corrected chi connectivity index (χ0v) is 11.1. The van der Waals surface area contributed by atoms with Crippen molar-refractivity contribution in [2.24, 2.45) is 0 Å². The number of carbonyl (C=O) groups is 1. The largest absolute Gasteiger partial charge is 0.481 e. The Hall–Kier alpha value is -0.360. The number of carboxylic acid groups (broad SMARTS) is 1. The molecule has 0 spiro atoms.